The van der Waals surface area contributed by atoms with E-state index in [4.69, 9.17) is 0 Å². The van der Waals surface area contributed by atoms with Crippen molar-refractivity contribution in [3.63, 3.8) is 0 Å². The number of hydrogen-bond acceptors (Lipinski definition) is 6. The van der Waals surface area contributed by atoms with Crippen molar-refractivity contribution in [2.75, 3.05) is 22.1 Å². The third-order valence-electron chi connectivity index (χ3n) is 4.95. The molecule has 0 bridgehead atoms. The lowest BCUT2D eigenvalue weighted by Crippen LogP contribution is -2.24. The second-order valence-corrected chi connectivity index (χ2v) is 8.41. The van der Waals surface area contributed by atoms with Gasteiger partial charge in [-0.3, -0.25) is 19.7 Å². The number of aryl methyl sites for hydroxylation is 1. The minimum Gasteiger partial charge on any atom is -0.326 e. The zero-order valence-electron chi connectivity index (χ0n) is 17.1. The van der Waals surface area contributed by atoms with Gasteiger partial charge in [0, 0.05) is 42.7 Å². The maximum absolute atomic E-state index is 12.5. The molecule has 31 heavy (non-hydrogen) atoms. The van der Waals surface area contributed by atoms with Gasteiger partial charge in [0.2, 0.25) is 16.9 Å². The molecule has 1 unspecified atom stereocenters. The van der Waals surface area contributed by atoms with Crippen molar-refractivity contribution in [1.29, 1.82) is 0 Å². The largest absolute Gasteiger partial charge is 0.326 e. The Kier molecular flexibility index (Phi) is 5.77. The first-order chi connectivity index (χ1) is 14.9. The van der Waals surface area contributed by atoms with Gasteiger partial charge in [-0.2, -0.15) is 0 Å². The van der Waals surface area contributed by atoms with Crippen molar-refractivity contribution in [1.82, 2.24) is 10.2 Å². The van der Waals surface area contributed by atoms with Crippen molar-refractivity contribution in [3.8, 4) is 0 Å². The topological polar surface area (TPSA) is 104 Å². The molecule has 1 saturated heterocycles. The number of nitrogens with one attached hydrogen (secondary N) is 2. The first kappa shape index (κ1) is 20.7. The molecule has 0 radical (unpaired) electrons. The van der Waals surface area contributed by atoms with Crippen LogP contribution in [-0.4, -0.2) is 34.5 Å². The Bertz CT molecular complexity index is 1120. The lowest BCUT2D eigenvalue weighted by Gasteiger charge is -2.16. The van der Waals surface area contributed by atoms with Crippen molar-refractivity contribution in [3.05, 3.63) is 64.7 Å². The lowest BCUT2D eigenvalue weighted by molar-refractivity contribution is -0.117. The molecule has 3 aromatic rings. The van der Waals surface area contributed by atoms with Crippen LogP contribution in [0.15, 0.2) is 48.5 Å². The molecule has 158 valence electrons. The number of amides is 3. The van der Waals surface area contributed by atoms with Crippen LogP contribution in [0.4, 0.5) is 16.5 Å². The van der Waals surface area contributed by atoms with E-state index < -0.39 is 0 Å². The number of rotatable bonds is 5. The summed E-state index contributed by atoms with van der Waals surface area (Å²) in [6.07, 6.45) is 0.362. The molecule has 2 aromatic carbocycles. The van der Waals surface area contributed by atoms with E-state index in [1.54, 1.807) is 29.2 Å². The lowest BCUT2D eigenvalue weighted by atomic mass is 10.1. The predicted molar refractivity (Wildman–Crippen MR) is 119 cm³/mol. The maximum Gasteiger partial charge on any atom is 0.257 e. The third kappa shape index (κ3) is 4.77. The van der Waals surface area contributed by atoms with E-state index in [9.17, 15) is 14.4 Å². The SMILES string of the molecule is CC(=O)Nc1ccc(C(=O)Nc2nnc(C3CC(=O)N(c4ccc(C)cc4)C3)s2)cc1. The van der Waals surface area contributed by atoms with Gasteiger partial charge < -0.3 is 10.2 Å². The summed E-state index contributed by atoms with van der Waals surface area (Å²) in [5.41, 5.74) is 3.07. The summed E-state index contributed by atoms with van der Waals surface area (Å²) in [4.78, 5) is 37.8. The Balaban J connectivity index is 1.40. The highest BCUT2D eigenvalue weighted by atomic mass is 32.1. The summed E-state index contributed by atoms with van der Waals surface area (Å²) >= 11 is 1.28. The first-order valence-electron chi connectivity index (χ1n) is 9.78. The highest BCUT2D eigenvalue weighted by Crippen LogP contribution is 2.34. The van der Waals surface area contributed by atoms with Crippen LogP contribution in [0.1, 0.15) is 40.2 Å². The monoisotopic (exact) mass is 435 g/mol. The van der Waals surface area contributed by atoms with Crippen LogP contribution in [-0.2, 0) is 9.59 Å². The summed E-state index contributed by atoms with van der Waals surface area (Å²) in [5, 5.41) is 14.8. The van der Waals surface area contributed by atoms with Gasteiger partial charge >= 0.3 is 0 Å². The molecule has 0 saturated carbocycles. The van der Waals surface area contributed by atoms with Crippen LogP contribution < -0.4 is 15.5 Å². The quantitative estimate of drug-likeness (QED) is 0.637. The van der Waals surface area contributed by atoms with Crippen LogP contribution in [0, 0.1) is 6.92 Å². The van der Waals surface area contributed by atoms with Crippen LogP contribution in [0.5, 0.6) is 0 Å². The summed E-state index contributed by atoms with van der Waals surface area (Å²) in [5.74, 6) is -0.506. The van der Waals surface area contributed by atoms with E-state index >= 15 is 0 Å². The molecule has 1 aliphatic rings. The van der Waals surface area contributed by atoms with Gasteiger partial charge in [0.25, 0.3) is 5.91 Å². The molecule has 8 nitrogen and oxygen atoms in total. The number of aromatic nitrogens is 2. The zero-order chi connectivity index (χ0) is 22.0. The molecule has 1 atom stereocenters. The summed E-state index contributed by atoms with van der Waals surface area (Å²) in [6.45, 7) is 3.97. The van der Waals surface area contributed by atoms with E-state index in [-0.39, 0.29) is 23.6 Å². The molecule has 3 amide bonds. The summed E-state index contributed by atoms with van der Waals surface area (Å²) in [6, 6.07) is 14.4. The van der Waals surface area contributed by atoms with Crippen molar-refractivity contribution >= 4 is 45.6 Å². The molecule has 1 fully saturated rings. The Hall–Kier alpha value is -3.59. The molecule has 9 heteroatoms. The number of carbonyl (C=O) groups is 3. The Labute approximate surface area is 183 Å². The van der Waals surface area contributed by atoms with Gasteiger partial charge in [-0.15, -0.1) is 10.2 Å². The second kappa shape index (κ2) is 8.65. The van der Waals surface area contributed by atoms with Gasteiger partial charge in [0.05, 0.1) is 0 Å². The highest BCUT2D eigenvalue weighted by Gasteiger charge is 2.34. The Morgan fingerprint density at radius 2 is 1.74 bits per heavy atom. The number of benzene rings is 2. The van der Waals surface area contributed by atoms with Crippen molar-refractivity contribution in [2.45, 2.75) is 26.2 Å². The van der Waals surface area contributed by atoms with Gasteiger partial charge in [0.1, 0.15) is 5.01 Å². The van der Waals surface area contributed by atoms with Gasteiger partial charge in [-0.05, 0) is 43.3 Å². The average molecular weight is 436 g/mol. The van der Waals surface area contributed by atoms with Gasteiger partial charge in [0.15, 0.2) is 0 Å². The fraction of sp³-hybridized carbons (Fsp3) is 0.227. The molecular formula is C22H21N5O3S. The average Bonchev–Trinajstić information content (AvgIpc) is 3.35. The highest BCUT2D eigenvalue weighted by molar-refractivity contribution is 7.15. The van der Waals surface area contributed by atoms with Crippen LogP contribution in [0.25, 0.3) is 0 Å². The summed E-state index contributed by atoms with van der Waals surface area (Å²) < 4.78 is 0. The number of nitrogens with zero attached hydrogens (tertiary/aromatic N) is 3. The molecule has 1 aromatic heterocycles. The molecule has 2 N–H and O–H groups in total. The molecule has 0 spiro atoms. The Morgan fingerprint density at radius 3 is 2.42 bits per heavy atom. The first-order valence-corrected chi connectivity index (χ1v) is 10.6. The standard InChI is InChI=1S/C22H21N5O3S/c1-13-3-9-18(10-4-13)27-12-16(11-19(27)29)21-25-26-22(31-21)24-20(30)15-5-7-17(8-6-15)23-14(2)28/h3-10,16H,11-12H2,1-2H3,(H,23,28)(H,24,26,30). The van der Waals surface area contributed by atoms with E-state index in [0.717, 1.165) is 16.3 Å². The van der Waals surface area contributed by atoms with Crippen LogP contribution in [0.3, 0.4) is 0 Å². The van der Waals surface area contributed by atoms with Gasteiger partial charge in [-0.1, -0.05) is 29.0 Å². The van der Waals surface area contributed by atoms with E-state index in [0.29, 0.717) is 29.3 Å². The smallest absolute Gasteiger partial charge is 0.257 e. The Morgan fingerprint density at radius 1 is 1.03 bits per heavy atom. The van der Waals surface area contributed by atoms with E-state index in [1.165, 1.54) is 18.3 Å². The van der Waals surface area contributed by atoms with Crippen LogP contribution >= 0.6 is 11.3 Å². The number of carbonyl (C=O) groups excluding carboxylic acids is 3. The molecular weight excluding hydrogens is 414 g/mol. The second-order valence-electron chi connectivity index (χ2n) is 7.40. The van der Waals surface area contributed by atoms with Crippen molar-refractivity contribution in [2.24, 2.45) is 0 Å². The fourth-order valence-electron chi connectivity index (χ4n) is 3.37. The third-order valence-corrected chi connectivity index (χ3v) is 5.95. The minimum absolute atomic E-state index is 0.0499. The molecule has 1 aliphatic heterocycles. The number of hydrogen-bond donors (Lipinski definition) is 2. The predicted octanol–water partition coefficient (Wildman–Crippen LogP) is 3.58. The maximum atomic E-state index is 12.5. The van der Waals surface area contributed by atoms with E-state index in [1.807, 2.05) is 31.2 Å². The molecule has 4 rings (SSSR count). The normalized spacial score (nSPS) is 15.7. The zero-order valence-corrected chi connectivity index (χ0v) is 17.9. The molecule has 2 heterocycles. The van der Waals surface area contributed by atoms with Crippen molar-refractivity contribution < 1.29 is 14.4 Å². The van der Waals surface area contributed by atoms with Crippen LogP contribution in [0.2, 0.25) is 0 Å². The number of anilines is 3. The molecule has 0 aliphatic carbocycles. The van der Waals surface area contributed by atoms with E-state index in [2.05, 4.69) is 20.8 Å². The summed E-state index contributed by atoms with van der Waals surface area (Å²) in [7, 11) is 0. The van der Waals surface area contributed by atoms with Gasteiger partial charge in [-0.25, -0.2) is 0 Å². The fourth-order valence-corrected chi connectivity index (χ4v) is 4.20. The minimum atomic E-state index is -0.319.